The smallest absolute Gasteiger partial charge is 0.317 e. The molecule has 2 atom stereocenters. The van der Waals surface area contributed by atoms with E-state index >= 15 is 0 Å². The van der Waals surface area contributed by atoms with Crippen LogP contribution in [0.3, 0.4) is 0 Å². The molecule has 0 aromatic heterocycles. The number of aliphatic carboxylic acids is 1. The first-order valence-electron chi connectivity index (χ1n) is 7.06. The summed E-state index contributed by atoms with van der Waals surface area (Å²) in [6.45, 7) is 4.00. The summed E-state index contributed by atoms with van der Waals surface area (Å²) in [4.78, 5) is 25.1. The molecule has 120 valence electrons. The van der Waals surface area contributed by atoms with Crippen LogP contribution in [0.4, 0.5) is 4.79 Å². The molecule has 2 heterocycles. The van der Waals surface area contributed by atoms with Crippen molar-refractivity contribution in [3.8, 4) is 0 Å². The summed E-state index contributed by atoms with van der Waals surface area (Å²) in [6.07, 6.45) is 1.56. The molecular formula is C13H22N2O5S. The van der Waals surface area contributed by atoms with Gasteiger partial charge in [0.05, 0.1) is 22.5 Å². The van der Waals surface area contributed by atoms with E-state index in [1.807, 2.05) is 0 Å². The van der Waals surface area contributed by atoms with E-state index < -0.39 is 26.8 Å². The Bertz CT molecular complexity index is 561. The molecule has 2 fully saturated rings. The van der Waals surface area contributed by atoms with Crippen molar-refractivity contribution < 1.29 is 23.1 Å². The van der Waals surface area contributed by atoms with E-state index in [-0.39, 0.29) is 24.1 Å². The highest BCUT2D eigenvalue weighted by Crippen LogP contribution is 2.30. The van der Waals surface area contributed by atoms with Gasteiger partial charge in [-0.15, -0.1) is 0 Å². The van der Waals surface area contributed by atoms with Gasteiger partial charge in [-0.2, -0.15) is 0 Å². The number of hydrogen-bond acceptors (Lipinski definition) is 4. The number of amides is 2. The highest BCUT2D eigenvalue weighted by molar-refractivity contribution is 7.91. The molecule has 8 heteroatoms. The third-order valence-corrected chi connectivity index (χ3v) is 6.32. The number of likely N-dealkylation sites (tertiary alicyclic amines) is 1. The lowest BCUT2D eigenvalue weighted by molar-refractivity contribution is -0.150. The minimum absolute atomic E-state index is 0.0597. The third-order valence-electron chi connectivity index (χ3n) is 4.41. The van der Waals surface area contributed by atoms with E-state index in [0.29, 0.717) is 25.8 Å². The Morgan fingerprint density at radius 3 is 2.43 bits per heavy atom. The molecule has 21 heavy (non-hydrogen) atoms. The molecule has 2 saturated heterocycles. The van der Waals surface area contributed by atoms with E-state index in [9.17, 15) is 23.1 Å². The van der Waals surface area contributed by atoms with Crippen LogP contribution in [-0.4, -0.2) is 60.6 Å². The maximum Gasteiger partial charge on any atom is 0.317 e. The number of carbonyl (C=O) groups excluding carboxylic acids is 1. The second kappa shape index (κ2) is 5.15. The van der Waals surface area contributed by atoms with Crippen molar-refractivity contribution in [2.24, 2.45) is 5.41 Å². The van der Waals surface area contributed by atoms with Gasteiger partial charge in [-0.3, -0.25) is 4.79 Å². The molecule has 2 N–H and O–H groups in total. The van der Waals surface area contributed by atoms with Crippen LogP contribution < -0.4 is 5.32 Å². The van der Waals surface area contributed by atoms with Gasteiger partial charge in [-0.1, -0.05) is 0 Å². The fourth-order valence-corrected chi connectivity index (χ4v) is 5.13. The maximum atomic E-state index is 12.3. The molecule has 0 aromatic rings. The first kappa shape index (κ1) is 16.1. The van der Waals surface area contributed by atoms with Crippen LogP contribution in [0.25, 0.3) is 0 Å². The summed E-state index contributed by atoms with van der Waals surface area (Å²) in [7, 11) is -3.09. The number of sulfone groups is 1. The molecule has 0 aromatic carbocycles. The summed E-state index contributed by atoms with van der Waals surface area (Å²) in [6, 6.07) is -0.373. The number of nitrogens with one attached hydrogen (secondary N) is 1. The first-order valence-corrected chi connectivity index (χ1v) is 8.88. The van der Waals surface area contributed by atoms with Gasteiger partial charge in [0.15, 0.2) is 9.84 Å². The maximum absolute atomic E-state index is 12.3. The Morgan fingerprint density at radius 1 is 1.24 bits per heavy atom. The highest BCUT2D eigenvalue weighted by atomic mass is 32.2. The van der Waals surface area contributed by atoms with Crippen molar-refractivity contribution in [1.82, 2.24) is 10.2 Å². The van der Waals surface area contributed by atoms with Gasteiger partial charge in [-0.25, -0.2) is 13.2 Å². The summed E-state index contributed by atoms with van der Waals surface area (Å²) in [5.74, 6) is -0.887. The number of nitrogens with zero attached hydrogens (tertiary/aromatic N) is 1. The van der Waals surface area contributed by atoms with Crippen LogP contribution in [0.2, 0.25) is 0 Å². The standard InChI is InChI=1S/C13H22N2O5S/c1-12(10(16)17)4-3-6-15(8-12)11(18)14-13(2)5-7-21(19,20)9-13/h3-9H2,1-2H3,(H,14,18)(H,16,17). The van der Waals surface area contributed by atoms with Gasteiger partial charge < -0.3 is 15.3 Å². The normalized spacial score (nSPS) is 35.4. The monoisotopic (exact) mass is 318 g/mol. The van der Waals surface area contributed by atoms with Gasteiger partial charge >= 0.3 is 12.0 Å². The average Bonchev–Trinajstić information content (AvgIpc) is 2.63. The molecule has 2 amide bonds. The molecule has 0 spiro atoms. The van der Waals surface area contributed by atoms with Crippen molar-refractivity contribution in [3.05, 3.63) is 0 Å². The number of rotatable bonds is 2. The minimum Gasteiger partial charge on any atom is -0.481 e. The van der Waals surface area contributed by atoms with Gasteiger partial charge in [0.1, 0.15) is 0 Å². The topological polar surface area (TPSA) is 104 Å². The van der Waals surface area contributed by atoms with E-state index in [2.05, 4.69) is 5.32 Å². The van der Waals surface area contributed by atoms with E-state index in [0.717, 1.165) is 0 Å². The molecule has 0 radical (unpaired) electrons. The third kappa shape index (κ3) is 3.48. The van der Waals surface area contributed by atoms with E-state index in [4.69, 9.17) is 0 Å². The second-order valence-electron chi connectivity index (χ2n) is 6.72. The molecule has 2 aliphatic heterocycles. The van der Waals surface area contributed by atoms with E-state index in [1.165, 1.54) is 4.90 Å². The first-order chi connectivity index (χ1) is 9.55. The van der Waals surface area contributed by atoms with Gasteiger partial charge in [-0.05, 0) is 33.1 Å². The number of carbonyl (C=O) groups is 2. The van der Waals surface area contributed by atoms with Crippen LogP contribution >= 0.6 is 0 Å². The predicted octanol–water partition coefficient (Wildman–Crippen LogP) is 0.460. The fraction of sp³-hybridized carbons (Fsp3) is 0.846. The molecule has 0 bridgehead atoms. The van der Waals surface area contributed by atoms with Crippen LogP contribution in [0.5, 0.6) is 0 Å². The Kier molecular flexibility index (Phi) is 3.94. The van der Waals surface area contributed by atoms with Crippen molar-refractivity contribution >= 4 is 21.8 Å². The van der Waals surface area contributed by atoms with Crippen molar-refractivity contribution in [2.75, 3.05) is 24.6 Å². The molecular weight excluding hydrogens is 296 g/mol. The fourth-order valence-electron chi connectivity index (χ4n) is 3.03. The van der Waals surface area contributed by atoms with Crippen LogP contribution in [-0.2, 0) is 14.6 Å². The lowest BCUT2D eigenvalue weighted by Crippen LogP contribution is -2.56. The number of carboxylic acids is 1. The number of piperidine rings is 1. The SMILES string of the molecule is CC1(NC(=O)N2CCCC(C)(C(=O)O)C2)CCS(=O)(=O)C1. The van der Waals surface area contributed by atoms with E-state index in [1.54, 1.807) is 13.8 Å². The molecule has 2 rings (SSSR count). The summed E-state index contributed by atoms with van der Waals surface area (Å²) >= 11 is 0. The lowest BCUT2D eigenvalue weighted by atomic mass is 9.82. The Balaban J connectivity index is 2.02. The van der Waals surface area contributed by atoms with Crippen molar-refractivity contribution in [1.29, 1.82) is 0 Å². The number of urea groups is 1. The van der Waals surface area contributed by atoms with Gasteiger partial charge in [0, 0.05) is 13.1 Å². The highest BCUT2D eigenvalue weighted by Gasteiger charge is 2.43. The zero-order valence-electron chi connectivity index (χ0n) is 12.4. The zero-order valence-corrected chi connectivity index (χ0v) is 13.2. The quantitative estimate of drug-likeness (QED) is 0.770. The molecule has 2 aliphatic rings. The zero-order chi connectivity index (χ0) is 15.9. The summed E-state index contributed by atoms with van der Waals surface area (Å²) in [5, 5.41) is 12.0. The Labute approximate surface area is 124 Å². The van der Waals surface area contributed by atoms with Crippen LogP contribution in [0.15, 0.2) is 0 Å². The van der Waals surface area contributed by atoms with Crippen molar-refractivity contribution in [2.45, 2.75) is 38.6 Å². The van der Waals surface area contributed by atoms with Crippen LogP contribution in [0.1, 0.15) is 33.1 Å². The lowest BCUT2D eigenvalue weighted by Gasteiger charge is -2.39. The summed E-state index contributed by atoms with van der Waals surface area (Å²) < 4.78 is 23.1. The molecule has 0 saturated carbocycles. The van der Waals surface area contributed by atoms with Gasteiger partial charge in [0.25, 0.3) is 0 Å². The van der Waals surface area contributed by atoms with Crippen LogP contribution in [0, 0.1) is 5.41 Å². The Morgan fingerprint density at radius 2 is 1.90 bits per heavy atom. The molecule has 2 unspecified atom stereocenters. The van der Waals surface area contributed by atoms with Crippen molar-refractivity contribution in [3.63, 3.8) is 0 Å². The largest absolute Gasteiger partial charge is 0.481 e. The summed E-state index contributed by atoms with van der Waals surface area (Å²) in [5.41, 5.74) is -1.69. The number of carboxylic acid groups (broad SMARTS) is 1. The Hall–Kier alpha value is -1.31. The number of hydrogen-bond donors (Lipinski definition) is 2. The predicted molar refractivity (Wildman–Crippen MR) is 76.8 cm³/mol. The molecule has 7 nitrogen and oxygen atoms in total. The average molecular weight is 318 g/mol. The molecule has 0 aliphatic carbocycles. The van der Waals surface area contributed by atoms with Gasteiger partial charge in [0.2, 0.25) is 0 Å². The minimum atomic E-state index is -3.09. The second-order valence-corrected chi connectivity index (χ2v) is 8.91.